The number of ether oxygens (including phenoxy) is 1. The van der Waals surface area contributed by atoms with Gasteiger partial charge in [-0.05, 0) is 17.5 Å². The van der Waals surface area contributed by atoms with Gasteiger partial charge in [0.05, 0.1) is 6.61 Å². The summed E-state index contributed by atoms with van der Waals surface area (Å²) in [5.74, 6) is 0. The number of unbranched alkanes of at least 4 members (excludes halogenated alkanes) is 3. The lowest BCUT2D eigenvalue weighted by atomic mass is 10.1. The van der Waals surface area contributed by atoms with Gasteiger partial charge in [-0.25, -0.2) is 0 Å². The van der Waals surface area contributed by atoms with E-state index in [0.29, 0.717) is 6.61 Å². The maximum Gasteiger partial charge on any atom is 0.0722 e. The predicted molar refractivity (Wildman–Crippen MR) is 70.3 cm³/mol. The first-order valence-corrected chi connectivity index (χ1v) is 6.16. The summed E-state index contributed by atoms with van der Waals surface area (Å²) in [6, 6.07) is 8.25. The first-order chi connectivity index (χ1) is 7.88. The summed E-state index contributed by atoms with van der Waals surface area (Å²) in [5.41, 5.74) is 2.41. The molecule has 0 N–H and O–H groups in total. The molecule has 0 aliphatic rings. The van der Waals surface area contributed by atoms with Crippen LogP contribution in [-0.2, 0) is 11.3 Å². The molecule has 88 valence electrons. The van der Waals surface area contributed by atoms with Crippen LogP contribution in [0.5, 0.6) is 0 Å². The van der Waals surface area contributed by atoms with Crippen molar-refractivity contribution in [1.82, 2.24) is 0 Å². The summed E-state index contributed by atoms with van der Waals surface area (Å²) in [6.07, 6.45) is 6.92. The minimum absolute atomic E-state index is 0.703. The van der Waals surface area contributed by atoms with Crippen LogP contribution in [-0.4, -0.2) is 6.61 Å². The highest BCUT2D eigenvalue weighted by Crippen LogP contribution is 2.11. The van der Waals surface area contributed by atoms with Gasteiger partial charge in [0.25, 0.3) is 0 Å². The standard InChI is InChI=1S/C15H22O/c1-3-5-6-9-12-16-13-15-11-8-7-10-14(15)4-2/h4,7-8,10-11H,2-3,5-6,9,12-13H2,1H3. The van der Waals surface area contributed by atoms with Crippen LogP contribution < -0.4 is 0 Å². The van der Waals surface area contributed by atoms with Crippen molar-refractivity contribution in [3.05, 3.63) is 42.0 Å². The zero-order valence-corrected chi connectivity index (χ0v) is 10.2. The van der Waals surface area contributed by atoms with Crippen molar-refractivity contribution in [2.75, 3.05) is 6.61 Å². The molecule has 0 heterocycles. The van der Waals surface area contributed by atoms with Crippen LogP contribution >= 0.6 is 0 Å². The third kappa shape index (κ3) is 4.63. The van der Waals surface area contributed by atoms with E-state index in [4.69, 9.17) is 4.74 Å². The second-order valence-electron chi connectivity index (χ2n) is 4.02. The van der Waals surface area contributed by atoms with Gasteiger partial charge in [-0.3, -0.25) is 0 Å². The molecule has 1 rings (SSSR count). The lowest BCUT2D eigenvalue weighted by Crippen LogP contribution is -1.97. The van der Waals surface area contributed by atoms with E-state index in [0.717, 1.165) is 6.61 Å². The highest BCUT2D eigenvalue weighted by molar-refractivity contribution is 5.51. The largest absolute Gasteiger partial charge is 0.377 e. The maximum absolute atomic E-state index is 5.66. The molecule has 0 atom stereocenters. The fourth-order valence-corrected chi connectivity index (χ4v) is 1.68. The van der Waals surface area contributed by atoms with Crippen molar-refractivity contribution >= 4 is 6.08 Å². The smallest absolute Gasteiger partial charge is 0.0722 e. The van der Waals surface area contributed by atoms with E-state index >= 15 is 0 Å². The monoisotopic (exact) mass is 218 g/mol. The number of rotatable bonds is 8. The van der Waals surface area contributed by atoms with Gasteiger partial charge in [-0.15, -0.1) is 0 Å². The molecule has 0 aliphatic heterocycles. The van der Waals surface area contributed by atoms with Crippen LogP contribution in [0.2, 0.25) is 0 Å². The van der Waals surface area contributed by atoms with Gasteiger partial charge >= 0.3 is 0 Å². The summed E-state index contributed by atoms with van der Waals surface area (Å²) < 4.78 is 5.66. The zero-order valence-electron chi connectivity index (χ0n) is 10.2. The molecule has 0 fully saturated rings. The van der Waals surface area contributed by atoms with Gasteiger partial charge in [0.2, 0.25) is 0 Å². The van der Waals surface area contributed by atoms with E-state index in [1.807, 2.05) is 18.2 Å². The fourth-order valence-electron chi connectivity index (χ4n) is 1.68. The van der Waals surface area contributed by atoms with Gasteiger partial charge in [0.1, 0.15) is 0 Å². The molecule has 1 nitrogen and oxygen atoms in total. The van der Waals surface area contributed by atoms with Crippen LogP contribution in [0.1, 0.15) is 43.7 Å². The molecule has 0 aromatic heterocycles. The molecule has 1 heteroatoms. The quantitative estimate of drug-likeness (QED) is 0.587. The minimum atomic E-state index is 0.703. The Morgan fingerprint density at radius 3 is 2.75 bits per heavy atom. The highest BCUT2D eigenvalue weighted by atomic mass is 16.5. The zero-order chi connectivity index (χ0) is 11.6. The molecule has 1 aromatic rings. The van der Waals surface area contributed by atoms with Gasteiger partial charge in [-0.2, -0.15) is 0 Å². The first-order valence-electron chi connectivity index (χ1n) is 6.16. The molecular formula is C15H22O. The second kappa shape index (κ2) is 8.12. The van der Waals surface area contributed by atoms with E-state index in [1.165, 1.54) is 36.8 Å². The number of hydrogen-bond acceptors (Lipinski definition) is 1. The Labute approximate surface area is 99.1 Å². The lowest BCUT2D eigenvalue weighted by molar-refractivity contribution is 0.116. The topological polar surface area (TPSA) is 9.23 Å². The van der Waals surface area contributed by atoms with Crippen LogP contribution in [0.25, 0.3) is 6.08 Å². The van der Waals surface area contributed by atoms with Crippen molar-refractivity contribution in [2.24, 2.45) is 0 Å². The molecule has 0 amide bonds. The SMILES string of the molecule is C=Cc1ccccc1COCCCCCC. The van der Waals surface area contributed by atoms with Gasteiger partial charge in [0.15, 0.2) is 0 Å². The Morgan fingerprint density at radius 2 is 2.00 bits per heavy atom. The number of hydrogen-bond donors (Lipinski definition) is 0. The molecule has 0 saturated heterocycles. The van der Waals surface area contributed by atoms with Crippen molar-refractivity contribution < 1.29 is 4.74 Å². The van der Waals surface area contributed by atoms with Gasteiger partial charge in [-0.1, -0.05) is 63.1 Å². The van der Waals surface area contributed by atoms with E-state index in [2.05, 4.69) is 25.6 Å². The molecule has 0 saturated carbocycles. The van der Waals surface area contributed by atoms with Crippen molar-refractivity contribution in [2.45, 2.75) is 39.2 Å². The van der Waals surface area contributed by atoms with Crippen molar-refractivity contribution in [1.29, 1.82) is 0 Å². The molecule has 0 unspecified atom stereocenters. The number of benzene rings is 1. The Bertz CT molecular complexity index is 304. The summed E-state index contributed by atoms with van der Waals surface area (Å²) in [4.78, 5) is 0. The lowest BCUT2D eigenvalue weighted by Gasteiger charge is -2.07. The maximum atomic E-state index is 5.66. The molecular weight excluding hydrogens is 196 g/mol. The van der Waals surface area contributed by atoms with E-state index in [9.17, 15) is 0 Å². The summed E-state index contributed by atoms with van der Waals surface area (Å²) in [5, 5.41) is 0. The molecule has 0 spiro atoms. The van der Waals surface area contributed by atoms with Crippen LogP contribution in [0.3, 0.4) is 0 Å². The average Bonchev–Trinajstić information content (AvgIpc) is 2.34. The Hall–Kier alpha value is -1.08. The van der Waals surface area contributed by atoms with E-state index in [-0.39, 0.29) is 0 Å². The molecule has 0 aliphatic carbocycles. The summed E-state index contributed by atoms with van der Waals surface area (Å²) in [6.45, 7) is 7.60. The fraction of sp³-hybridized carbons (Fsp3) is 0.467. The molecule has 0 radical (unpaired) electrons. The van der Waals surface area contributed by atoms with Gasteiger partial charge in [0, 0.05) is 6.61 Å². The van der Waals surface area contributed by atoms with Crippen molar-refractivity contribution in [3.8, 4) is 0 Å². The van der Waals surface area contributed by atoms with Crippen molar-refractivity contribution in [3.63, 3.8) is 0 Å². The molecule has 1 aromatic carbocycles. The average molecular weight is 218 g/mol. The van der Waals surface area contributed by atoms with E-state index < -0.39 is 0 Å². The summed E-state index contributed by atoms with van der Waals surface area (Å²) in [7, 11) is 0. The third-order valence-corrected chi connectivity index (χ3v) is 2.67. The Morgan fingerprint density at radius 1 is 1.19 bits per heavy atom. The third-order valence-electron chi connectivity index (χ3n) is 2.67. The van der Waals surface area contributed by atoms with E-state index in [1.54, 1.807) is 0 Å². The van der Waals surface area contributed by atoms with Crippen LogP contribution in [0, 0.1) is 0 Å². The normalized spacial score (nSPS) is 10.3. The minimum Gasteiger partial charge on any atom is -0.377 e. The summed E-state index contributed by atoms with van der Waals surface area (Å²) >= 11 is 0. The van der Waals surface area contributed by atoms with Crippen LogP contribution in [0.4, 0.5) is 0 Å². The molecule has 0 bridgehead atoms. The Balaban J connectivity index is 2.23. The van der Waals surface area contributed by atoms with Crippen LogP contribution in [0.15, 0.2) is 30.8 Å². The first kappa shape index (κ1) is 13.0. The van der Waals surface area contributed by atoms with Gasteiger partial charge < -0.3 is 4.74 Å². The predicted octanol–water partition coefficient (Wildman–Crippen LogP) is 4.43. The second-order valence-corrected chi connectivity index (χ2v) is 4.02. The molecule has 16 heavy (non-hydrogen) atoms. The Kier molecular flexibility index (Phi) is 6.59. The highest BCUT2D eigenvalue weighted by Gasteiger charge is 1.97.